The molecule has 2 amide bonds. The Balaban J connectivity index is 1.47. The quantitative estimate of drug-likeness (QED) is 0.505. The number of rotatable bonds is 9. The number of nitrogens with zero attached hydrogens (tertiary/aromatic N) is 1. The van der Waals surface area contributed by atoms with Gasteiger partial charge in [-0.2, -0.15) is 0 Å². The van der Waals surface area contributed by atoms with Crippen LogP contribution in [-0.4, -0.2) is 44.8 Å². The third kappa shape index (κ3) is 6.40. The first-order valence-electron chi connectivity index (χ1n) is 10.8. The standard InChI is InChI=1S/C25H29N3O4S/c1-18(2)28(3)25(30)21-10-8-19(9-11-21)17-26-24(29)14-15-27-33(31,32)23-13-12-20-6-4-5-7-22(20)16-23/h4-13,16,18,27H,14-15,17H2,1-3H3,(H,26,29). The van der Waals surface area contributed by atoms with Crippen molar-refractivity contribution in [2.24, 2.45) is 0 Å². The first-order valence-corrected chi connectivity index (χ1v) is 12.3. The zero-order valence-electron chi connectivity index (χ0n) is 19.0. The molecule has 0 fully saturated rings. The van der Waals surface area contributed by atoms with Gasteiger partial charge in [0.05, 0.1) is 4.90 Å². The van der Waals surface area contributed by atoms with Crippen LogP contribution in [0.5, 0.6) is 0 Å². The Hall–Kier alpha value is -3.23. The van der Waals surface area contributed by atoms with E-state index in [1.54, 1.807) is 54.4 Å². The third-order valence-corrected chi connectivity index (χ3v) is 6.92. The molecule has 0 radical (unpaired) electrons. The Morgan fingerprint density at radius 2 is 1.61 bits per heavy atom. The highest BCUT2D eigenvalue weighted by Crippen LogP contribution is 2.18. The summed E-state index contributed by atoms with van der Waals surface area (Å²) in [6, 6.07) is 19.6. The molecule has 0 aliphatic carbocycles. The highest BCUT2D eigenvalue weighted by molar-refractivity contribution is 7.89. The molecular formula is C25H29N3O4S. The van der Waals surface area contributed by atoms with Crippen molar-refractivity contribution < 1.29 is 18.0 Å². The summed E-state index contributed by atoms with van der Waals surface area (Å²) in [5.41, 5.74) is 1.44. The van der Waals surface area contributed by atoms with E-state index >= 15 is 0 Å². The molecule has 0 heterocycles. The minimum atomic E-state index is -3.71. The molecule has 3 aromatic rings. The average molecular weight is 468 g/mol. The van der Waals surface area contributed by atoms with Crippen LogP contribution in [0.25, 0.3) is 10.8 Å². The summed E-state index contributed by atoms with van der Waals surface area (Å²) in [5.74, 6) is -0.324. The van der Waals surface area contributed by atoms with Crippen molar-refractivity contribution in [3.63, 3.8) is 0 Å². The number of amides is 2. The van der Waals surface area contributed by atoms with Crippen molar-refractivity contribution in [1.82, 2.24) is 14.9 Å². The minimum Gasteiger partial charge on any atom is -0.352 e. The summed E-state index contributed by atoms with van der Waals surface area (Å²) in [7, 11) is -1.95. The second-order valence-corrected chi connectivity index (χ2v) is 9.91. The van der Waals surface area contributed by atoms with Gasteiger partial charge in [0.2, 0.25) is 15.9 Å². The van der Waals surface area contributed by atoms with Crippen LogP contribution < -0.4 is 10.0 Å². The van der Waals surface area contributed by atoms with Gasteiger partial charge in [0.25, 0.3) is 5.91 Å². The van der Waals surface area contributed by atoms with Gasteiger partial charge in [-0.1, -0.05) is 42.5 Å². The maximum atomic E-state index is 12.5. The van der Waals surface area contributed by atoms with E-state index < -0.39 is 10.0 Å². The minimum absolute atomic E-state index is 0.00400. The summed E-state index contributed by atoms with van der Waals surface area (Å²) >= 11 is 0. The lowest BCUT2D eigenvalue weighted by Gasteiger charge is -2.21. The van der Waals surface area contributed by atoms with Gasteiger partial charge in [-0.3, -0.25) is 9.59 Å². The smallest absolute Gasteiger partial charge is 0.253 e. The van der Waals surface area contributed by atoms with Crippen LogP contribution in [-0.2, 0) is 21.4 Å². The molecular weight excluding hydrogens is 438 g/mol. The van der Waals surface area contributed by atoms with E-state index in [0.717, 1.165) is 16.3 Å². The summed E-state index contributed by atoms with van der Waals surface area (Å²) in [4.78, 5) is 26.3. The SMILES string of the molecule is CC(C)N(C)C(=O)c1ccc(CNC(=O)CCNS(=O)(=O)c2ccc3ccccc3c2)cc1. The first-order chi connectivity index (χ1) is 15.7. The maximum absolute atomic E-state index is 12.5. The van der Waals surface area contributed by atoms with Crippen LogP contribution in [0.2, 0.25) is 0 Å². The number of sulfonamides is 1. The molecule has 33 heavy (non-hydrogen) atoms. The van der Waals surface area contributed by atoms with Crippen molar-refractivity contribution in [3.8, 4) is 0 Å². The lowest BCUT2D eigenvalue weighted by Crippen LogP contribution is -2.33. The van der Waals surface area contributed by atoms with Gasteiger partial charge in [0, 0.05) is 38.2 Å². The van der Waals surface area contributed by atoms with Gasteiger partial charge in [-0.15, -0.1) is 0 Å². The van der Waals surface area contributed by atoms with E-state index in [1.165, 1.54) is 0 Å². The molecule has 0 bridgehead atoms. The number of hydrogen-bond acceptors (Lipinski definition) is 4. The van der Waals surface area contributed by atoms with Crippen LogP contribution in [0, 0.1) is 0 Å². The van der Waals surface area contributed by atoms with E-state index in [2.05, 4.69) is 10.0 Å². The molecule has 7 nitrogen and oxygen atoms in total. The van der Waals surface area contributed by atoms with Crippen LogP contribution in [0.3, 0.4) is 0 Å². The zero-order chi connectivity index (χ0) is 24.0. The molecule has 3 rings (SSSR count). The average Bonchev–Trinajstić information content (AvgIpc) is 2.81. The summed E-state index contributed by atoms with van der Waals surface area (Å²) in [6.45, 7) is 4.19. The second kappa shape index (κ2) is 10.6. The van der Waals surface area contributed by atoms with Crippen molar-refractivity contribution >= 4 is 32.6 Å². The number of carbonyl (C=O) groups is 2. The summed E-state index contributed by atoms with van der Waals surface area (Å²) in [5, 5.41) is 4.56. The predicted molar refractivity (Wildman–Crippen MR) is 129 cm³/mol. The Morgan fingerprint density at radius 1 is 0.939 bits per heavy atom. The third-order valence-electron chi connectivity index (χ3n) is 5.46. The number of carbonyl (C=O) groups excluding carboxylic acids is 2. The fraction of sp³-hybridized carbons (Fsp3) is 0.280. The van der Waals surface area contributed by atoms with Crippen molar-refractivity contribution in [3.05, 3.63) is 77.9 Å². The van der Waals surface area contributed by atoms with E-state index in [9.17, 15) is 18.0 Å². The van der Waals surface area contributed by atoms with E-state index in [1.807, 2.05) is 38.1 Å². The number of fused-ring (bicyclic) bond motifs is 1. The molecule has 0 aromatic heterocycles. The number of hydrogen-bond donors (Lipinski definition) is 2. The molecule has 0 spiro atoms. The maximum Gasteiger partial charge on any atom is 0.253 e. The molecule has 0 atom stereocenters. The van der Waals surface area contributed by atoms with Crippen LogP contribution in [0.4, 0.5) is 0 Å². The number of nitrogens with one attached hydrogen (secondary N) is 2. The molecule has 8 heteroatoms. The molecule has 0 saturated heterocycles. The molecule has 0 aliphatic rings. The van der Waals surface area contributed by atoms with Gasteiger partial charge >= 0.3 is 0 Å². The van der Waals surface area contributed by atoms with E-state index in [-0.39, 0.29) is 35.7 Å². The number of benzene rings is 3. The van der Waals surface area contributed by atoms with Crippen LogP contribution in [0.15, 0.2) is 71.6 Å². The highest BCUT2D eigenvalue weighted by Gasteiger charge is 2.16. The Bertz CT molecular complexity index is 1240. The van der Waals surface area contributed by atoms with Gasteiger partial charge in [0.1, 0.15) is 0 Å². The zero-order valence-corrected chi connectivity index (χ0v) is 19.9. The van der Waals surface area contributed by atoms with Gasteiger partial charge in [-0.05, 0) is 54.4 Å². The Kier molecular flexibility index (Phi) is 7.84. The van der Waals surface area contributed by atoms with Gasteiger partial charge in [-0.25, -0.2) is 13.1 Å². The normalized spacial score (nSPS) is 11.5. The van der Waals surface area contributed by atoms with Crippen molar-refractivity contribution in [2.75, 3.05) is 13.6 Å². The van der Waals surface area contributed by atoms with Crippen molar-refractivity contribution in [2.45, 2.75) is 37.8 Å². The molecule has 0 unspecified atom stereocenters. The largest absolute Gasteiger partial charge is 0.352 e. The lowest BCUT2D eigenvalue weighted by molar-refractivity contribution is -0.121. The molecule has 2 N–H and O–H groups in total. The summed E-state index contributed by atoms with van der Waals surface area (Å²) < 4.78 is 27.6. The van der Waals surface area contributed by atoms with Gasteiger partial charge in [0.15, 0.2) is 0 Å². The fourth-order valence-corrected chi connectivity index (χ4v) is 4.28. The Morgan fingerprint density at radius 3 is 2.27 bits per heavy atom. The Labute approximate surface area is 194 Å². The monoisotopic (exact) mass is 467 g/mol. The molecule has 0 aliphatic heterocycles. The van der Waals surface area contributed by atoms with Crippen LogP contribution >= 0.6 is 0 Å². The van der Waals surface area contributed by atoms with Crippen LogP contribution in [0.1, 0.15) is 36.2 Å². The topological polar surface area (TPSA) is 95.6 Å². The molecule has 174 valence electrons. The predicted octanol–water partition coefficient (Wildman–Crippen LogP) is 3.31. The first kappa shape index (κ1) is 24.4. The lowest BCUT2D eigenvalue weighted by atomic mass is 10.1. The molecule has 0 saturated carbocycles. The highest BCUT2D eigenvalue weighted by atomic mass is 32.2. The van der Waals surface area contributed by atoms with Crippen molar-refractivity contribution in [1.29, 1.82) is 0 Å². The summed E-state index contributed by atoms with van der Waals surface area (Å²) in [6.07, 6.45) is 0.0164. The van der Waals surface area contributed by atoms with E-state index in [4.69, 9.17) is 0 Å². The second-order valence-electron chi connectivity index (χ2n) is 8.14. The van der Waals surface area contributed by atoms with Gasteiger partial charge < -0.3 is 10.2 Å². The fourth-order valence-electron chi connectivity index (χ4n) is 3.21. The molecule has 3 aromatic carbocycles. The van der Waals surface area contributed by atoms with E-state index in [0.29, 0.717) is 12.1 Å².